The lowest BCUT2D eigenvalue weighted by molar-refractivity contribution is -0.136. The van der Waals surface area contributed by atoms with Gasteiger partial charge < -0.3 is 14.9 Å². The summed E-state index contributed by atoms with van der Waals surface area (Å²) >= 11 is 0. The molecule has 2 N–H and O–H groups in total. The molecule has 0 spiro atoms. The molecule has 0 saturated carbocycles. The van der Waals surface area contributed by atoms with Gasteiger partial charge in [0.15, 0.2) is 0 Å². The Bertz CT molecular complexity index is 364. The second-order valence-electron chi connectivity index (χ2n) is 3.10. The fraction of sp³-hybridized carbons (Fsp3) is 0.444. The number of aliphatic carboxylic acids is 1. The first kappa shape index (κ1) is 11.2. The highest BCUT2D eigenvalue weighted by atomic mass is 16.5. The van der Waals surface area contributed by atoms with Gasteiger partial charge in [0.05, 0.1) is 12.1 Å². The van der Waals surface area contributed by atoms with Gasteiger partial charge in [0.1, 0.15) is 11.3 Å². The van der Waals surface area contributed by atoms with Crippen molar-refractivity contribution in [2.75, 3.05) is 6.54 Å². The van der Waals surface area contributed by atoms with Crippen LogP contribution in [-0.2, 0) is 4.79 Å². The maximum absolute atomic E-state index is 11.5. The van der Waals surface area contributed by atoms with Crippen molar-refractivity contribution in [2.24, 2.45) is 0 Å². The molecule has 0 aromatic carbocycles. The number of nitrogens with zero attached hydrogens (tertiary/aromatic N) is 1. The summed E-state index contributed by atoms with van der Waals surface area (Å²) in [6, 6.07) is 0. The van der Waals surface area contributed by atoms with Crippen LogP contribution in [-0.4, -0.2) is 28.7 Å². The maximum Gasteiger partial charge on any atom is 0.305 e. The number of aryl methyl sites for hydroxylation is 2. The summed E-state index contributed by atoms with van der Waals surface area (Å²) in [4.78, 5) is 21.7. The number of carbonyl (C=O) groups is 2. The average molecular weight is 212 g/mol. The first-order valence-corrected chi connectivity index (χ1v) is 4.45. The Morgan fingerprint density at radius 2 is 2.13 bits per heavy atom. The molecule has 1 rings (SSSR count). The summed E-state index contributed by atoms with van der Waals surface area (Å²) in [5.74, 6) is -0.873. The molecule has 0 aliphatic carbocycles. The molecular weight excluding hydrogens is 200 g/mol. The monoisotopic (exact) mass is 212 g/mol. The summed E-state index contributed by atoms with van der Waals surface area (Å²) in [5.41, 5.74) is 0.876. The van der Waals surface area contributed by atoms with Crippen LogP contribution in [0.5, 0.6) is 0 Å². The van der Waals surface area contributed by atoms with Crippen molar-refractivity contribution in [3.63, 3.8) is 0 Å². The van der Waals surface area contributed by atoms with Gasteiger partial charge in [-0.3, -0.25) is 9.59 Å². The van der Waals surface area contributed by atoms with Crippen LogP contribution in [0.4, 0.5) is 0 Å². The van der Waals surface area contributed by atoms with Gasteiger partial charge in [-0.15, -0.1) is 0 Å². The first-order valence-electron chi connectivity index (χ1n) is 4.45. The number of carbonyl (C=O) groups excluding carboxylic acids is 1. The van der Waals surface area contributed by atoms with Crippen LogP contribution in [0.3, 0.4) is 0 Å². The van der Waals surface area contributed by atoms with Crippen LogP contribution in [0.25, 0.3) is 0 Å². The molecule has 6 heteroatoms. The van der Waals surface area contributed by atoms with Crippen molar-refractivity contribution in [3.8, 4) is 0 Å². The van der Waals surface area contributed by atoms with E-state index < -0.39 is 5.97 Å². The third-order valence-corrected chi connectivity index (χ3v) is 1.88. The Kier molecular flexibility index (Phi) is 3.43. The van der Waals surface area contributed by atoms with E-state index in [1.807, 2.05) is 0 Å². The van der Waals surface area contributed by atoms with E-state index in [0.29, 0.717) is 17.0 Å². The zero-order chi connectivity index (χ0) is 11.4. The van der Waals surface area contributed by atoms with Crippen LogP contribution in [0, 0.1) is 13.8 Å². The molecule has 0 atom stereocenters. The van der Waals surface area contributed by atoms with Crippen molar-refractivity contribution < 1.29 is 19.2 Å². The highest BCUT2D eigenvalue weighted by Gasteiger charge is 2.16. The maximum atomic E-state index is 11.5. The molecular formula is C9H12N2O4. The number of rotatable bonds is 4. The van der Waals surface area contributed by atoms with E-state index in [-0.39, 0.29) is 18.9 Å². The fourth-order valence-electron chi connectivity index (χ4n) is 1.18. The molecule has 0 aliphatic rings. The standard InChI is InChI=1S/C9H12N2O4/c1-5-8(6(2)15-11-5)9(14)10-4-3-7(12)13/h3-4H2,1-2H3,(H,10,14)(H,12,13). The lowest BCUT2D eigenvalue weighted by atomic mass is 10.2. The van der Waals surface area contributed by atoms with Gasteiger partial charge in [-0.2, -0.15) is 0 Å². The molecule has 1 amide bonds. The van der Waals surface area contributed by atoms with Gasteiger partial charge in [-0.1, -0.05) is 5.16 Å². The third kappa shape index (κ3) is 2.80. The predicted molar refractivity (Wildman–Crippen MR) is 50.6 cm³/mol. The Morgan fingerprint density at radius 3 is 2.60 bits per heavy atom. The number of carboxylic acid groups (broad SMARTS) is 1. The van der Waals surface area contributed by atoms with Gasteiger partial charge >= 0.3 is 5.97 Å². The van der Waals surface area contributed by atoms with E-state index in [1.165, 1.54) is 0 Å². The summed E-state index contributed by atoms with van der Waals surface area (Å²) < 4.78 is 4.82. The Labute approximate surface area is 86.3 Å². The number of amides is 1. The second-order valence-corrected chi connectivity index (χ2v) is 3.10. The van der Waals surface area contributed by atoms with Crippen molar-refractivity contribution >= 4 is 11.9 Å². The first-order chi connectivity index (χ1) is 7.02. The molecule has 0 fully saturated rings. The SMILES string of the molecule is Cc1noc(C)c1C(=O)NCCC(=O)O. The van der Waals surface area contributed by atoms with E-state index in [1.54, 1.807) is 13.8 Å². The lowest BCUT2D eigenvalue weighted by Gasteiger charge is -2.01. The number of hydrogen-bond acceptors (Lipinski definition) is 4. The molecule has 0 bridgehead atoms. The topological polar surface area (TPSA) is 92.4 Å². The van der Waals surface area contributed by atoms with E-state index in [4.69, 9.17) is 9.63 Å². The van der Waals surface area contributed by atoms with Crippen LogP contribution in [0.1, 0.15) is 28.2 Å². The van der Waals surface area contributed by atoms with Crippen LogP contribution < -0.4 is 5.32 Å². The minimum absolute atomic E-state index is 0.0955. The van der Waals surface area contributed by atoms with Gasteiger partial charge in [-0.05, 0) is 13.8 Å². The van der Waals surface area contributed by atoms with Crippen LogP contribution >= 0.6 is 0 Å². The quantitative estimate of drug-likeness (QED) is 0.757. The normalized spacial score (nSPS) is 10.0. The minimum Gasteiger partial charge on any atom is -0.481 e. The largest absolute Gasteiger partial charge is 0.481 e. The second kappa shape index (κ2) is 4.59. The molecule has 15 heavy (non-hydrogen) atoms. The molecule has 6 nitrogen and oxygen atoms in total. The molecule has 1 aromatic heterocycles. The Balaban J connectivity index is 2.58. The molecule has 82 valence electrons. The number of nitrogens with one attached hydrogen (secondary N) is 1. The van der Waals surface area contributed by atoms with E-state index in [9.17, 15) is 9.59 Å². The summed E-state index contributed by atoms with van der Waals surface area (Å²) in [6.07, 6.45) is -0.102. The molecule has 0 saturated heterocycles. The molecule has 0 radical (unpaired) electrons. The van der Waals surface area contributed by atoms with E-state index >= 15 is 0 Å². The summed E-state index contributed by atoms with van der Waals surface area (Å²) in [6.45, 7) is 3.38. The fourth-order valence-corrected chi connectivity index (χ4v) is 1.18. The third-order valence-electron chi connectivity index (χ3n) is 1.88. The number of carboxylic acids is 1. The predicted octanol–water partition coefficient (Wildman–Crippen LogP) is 0.496. The van der Waals surface area contributed by atoms with Gasteiger partial charge in [0.2, 0.25) is 0 Å². The van der Waals surface area contributed by atoms with Gasteiger partial charge in [0.25, 0.3) is 5.91 Å². The Morgan fingerprint density at radius 1 is 1.47 bits per heavy atom. The van der Waals surface area contributed by atoms with E-state index in [0.717, 1.165) is 0 Å². The molecule has 0 aliphatic heterocycles. The summed E-state index contributed by atoms with van der Waals surface area (Å²) in [7, 11) is 0. The van der Waals surface area contributed by atoms with Crippen molar-refractivity contribution in [2.45, 2.75) is 20.3 Å². The lowest BCUT2D eigenvalue weighted by Crippen LogP contribution is -2.26. The van der Waals surface area contributed by atoms with Crippen LogP contribution in [0.15, 0.2) is 4.52 Å². The average Bonchev–Trinajstić information content (AvgIpc) is 2.45. The number of hydrogen-bond donors (Lipinski definition) is 2. The van der Waals surface area contributed by atoms with Crippen molar-refractivity contribution in [1.82, 2.24) is 10.5 Å². The van der Waals surface area contributed by atoms with Gasteiger partial charge in [0, 0.05) is 6.54 Å². The molecule has 1 heterocycles. The molecule has 1 aromatic rings. The zero-order valence-electron chi connectivity index (χ0n) is 8.53. The number of aromatic nitrogens is 1. The summed E-state index contributed by atoms with van der Waals surface area (Å²) in [5, 5.41) is 14.5. The zero-order valence-corrected chi connectivity index (χ0v) is 8.53. The highest BCUT2D eigenvalue weighted by molar-refractivity contribution is 5.96. The smallest absolute Gasteiger partial charge is 0.305 e. The highest BCUT2D eigenvalue weighted by Crippen LogP contribution is 2.11. The Hall–Kier alpha value is -1.85. The van der Waals surface area contributed by atoms with Crippen molar-refractivity contribution in [1.29, 1.82) is 0 Å². The minimum atomic E-state index is -0.950. The van der Waals surface area contributed by atoms with Crippen molar-refractivity contribution in [3.05, 3.63) is 17.0 Å². The van der Waals surface area contributed by atoms with Crippen LogP contribution in [0.2, 0.25) is 0 Å². The van der Waals surface area contributed by atoms with Gasteiger partial charge in [-0.25, -0.2) is 0 Å². The molecule has 0 unspecified atom stereocenters. The van der Waals surface area contributed by atoms with E-state index in [2.05, 4.69) is 10.5 Å².